The van der Waals surface area contributed by atoms with Gasteiger partial charge in [-0.2, -0.15) is 0 Å². The van der Waals surface area contributed by atoms with Crippen molar-refractivity contribution < 1.29 is 28.6 Å². The lowest BCUT2D eigenvalue weighted by atomic mass is 9.88. The zero-order valence-corrected chi connectivity index (χ0v) is 17.2. The number of allylic oxidation sites excluding steroid dienone is 1. The Kier molecular flexibility index (Phi) is 13.4. The quantitative estimate of drug-likeness (QED) is 0.247. The van der Waals surface area contributed by atoms with E-state index in [1.807, 2.05) is 13.8 Å². The molecule has 0 heterocycles. The van der Waals surface area contributed by atoms with Crippen LogP contribution < -0.4 is 0 Å². The second-order valence-electron chi connectivity index (χ2n) is 6.33. The summed E-state index contributed by atoms with van der Waals surface area (Å²) < 4.78 is 15.5. The molecule has 6 nitrogen and oxygen atoms in total. The Hall–Kier alpha value is -2.63. The highest BCUT2D eigenvalue weighted by atomic mass is 16.6. The van der Waals surface area contributed by atoms with E-state index in [1.165, 1.54) is 20.8 Å². The number of carbonyl (C=O) groups excluding carboxylic acids is 3. The molecule has 0 aliphatic heterocycles. The van der Waals surface area contributed by atoms with E-state index >= 15 is 0 Å². The minimum atomic E-state index is -0.860. The smallest absolute Gasteiger partial charge is 0.333 e. The average Bonchev–Trinajstić information content (AvgIpc) is 2.60. The SMILES string of the molecule is C=C(C)C(=O)OCC(CC)(COC(=O)C(=C)C)COC(=O)C(=C)C.C=CC. The van der Waals surface area contributed by atoms with Crippen molar-refractivity contribution >= 4 is 17.9 Å². The molecule has 152 valence electrons. The maximum atomic E-state index is 11.6. The van der Waals surface area contributed by atoms with Crippen LogP contribution in [-0.4, -0.2) is 37.7 Å². The first kappa shape index (κ1) is 26.6. The van der Waals surface area contributed by atoms with Crippen molar-refractivity contribution in [2.75, 3.05) is 19.8 Å². The molecule has 0 saturated carbocycles. The van der Waals surface area contributed by atoms with Crippen LogP contribution in [0, 0.1) is 5.41 Å². The van der Waals surface area contributed by atoms with Crippen LogP contribution >= 0.6 is 0 Å². The lowest BCUT2D eigenvalue weighted by Crippen LogP contribution is -2.39. The second-order valence-corrected chi connectivity index (χ2v) is 6.33. The highest BCUT2D eigenvalue weighted by Crippen LogP contribution is 2.25. The lowest BCUT2D eigenvalue weighted by Gasteiger charge is -2.31. The minimum Gasteiger partial charge on any atom is -0.461 e. The summed E-state index contributed by atoms with van der Waals surface area (Å²) in [6.07, 6.45) is 2.20. The van der Waals surface area contributed by atoms with Crippen molar-refractivity contribution in [1.82, 2.24) is 0 Å². The van der Waals surface area contributed by atoms with Crippen LogP contribution in [0.1, 0.15) is 41.0 Å². The zero-order valence-electron chi connectivity index (χ0n) is 17.2. The highest BCUT2D eigenvalue weighted by Gasteiger charge is 2.34. The molecule has 0 radical (unpaired) electrons. The molecule has 0 amide bonds. The van der Waals surface area contributed by atoms with Gasteiger partial charge in [0, 0.05) is 16.7 Å². The normalized spacial score (nSPS) is 9.81. The lowest BCUT2D eigenvalue weighted by molar-refractivity contribution is -0.157. The molecule has 0 saturated heterocycles. The van der Waals surface area contributed by atoms with E-state index in [2.05, 4.69) is 26.3 Å². The molecule has 0 aliphatic carbocycles. The predicted octanol–water partition coefficient (Wildman–Crippen LogP) is 3.93. The number of hydrogen-bond donors (Lipinski definition) is 0. The maximum absolute atomic E-state index is 11.6. The van der Waals surface area contributed by atoms with Gasteiger partial charge in [-0.1, -0.05) is 32.7 Å². The van der Waals surface area contributed by atoms with Gasteiger partial charge in [-0.3, -0.25) is 0 Å². The van der Waals surface area contributed by atoms with Gasteiger partial charge in [-0.15, -0.1) is 6.58 Å². The van der Waals surface area contributed by atoms with Crippen molar-refractivity contribution in [3.8, 4) is 0 Å². The van der Waals surface area contributed by atoms with Crippen LogP contribution in [0.3, 0.4) is 0 Å². The summed E-state index contributed by atoms with van der Waals surface area (Å²) in [6.45, 7) is 21.9. The first-order chi connectivity index (χ1) is 12.5. The van der Waals surface area contributed by atoms with Crippen molar-refractivity contribution in [3.05, 3.63) is 49.1 Å². The molecule has 0 rings (SSSR count). The predicted molar refractivity (Wildman–Crippen MR) is 106 cm³/mol. The number of esters is 3. The number of carbonyl (C=O) groups is 3. The summed E-state index contributed by atoms with van der Waals surface area (Å²) in [5.41, 5.74) is -0.116. The summed E-state index contributed by atoms with van der Waals surface area (Å²) in [4.78, 5) is 34.9. The monoisotopic (exact) mass is 380 g/mol. The molecule has 0 aliphatic rings. The summed E-state index contributed by atoms with van der Waals surface area (Å²) in [6, 6.07) is 0. The molecule has 0 atom stereocenters. The Labute approximate surface area is 162 Å². The van der Waals surface area contributed by atoms with Crippen LogP contribution in [0.2, 0.25) is 0 Å². The molecule has 0 N–H and O–H groups in total. The van der Waals surface area contributed by atoms with Gasteiger partial charge >= 0.3 is 17.9 Å². The number of rotatable bonds is 10. The molecule has 6 heteroatoms. The fourth-order valence-electron chi connectivity index (χ4n) is 1.46. The Morgan fingerprint density at radius 3 is 1.15 bits per heavy atom. The van der Waals surface area contributed by atoms with Crippen molar-refractivity contribution in [1.29, 1.82) is 0 Å². The molecule has 0 aromatic carbocycles. The van der Waals surface area contributed by atoms with Crippen LogP contribution in [0.4, 0.5) is 0 Å². The Balaban J connectivity index is 0. The van der Waals surface area contributed by atoms with Gasteiger partial charge in [0.1, 0.15) is 19.8 Å². The molecule has 0 aromatic heterocycles. The largest absolute Gasteiger partial charge is 0.461 e. The number of hydrogen-bond acceptors (Lipinski definition) is 6. The standard InChI is InChI=1S/C18H26O6.C3H6/c1-8-18(9-22-15(19)12(2)3,10-23-16(20)13(4)5)11-24-17(21)14(6)7;1-3-2/h2,4,6,8-11H2,1,3,5,7H3;3H,1H2,2H3. The van der Waals surface area contributed by atoms with Gasteiger partial charge in [-0.25, -0.2) is 14.4 Å². The van der Waals surface area contributed by atoms with Crippen molar-refractivity contribution in [2.24, 2.45) is 5.41 Å². The summed E-state index contributed by atoms with van der Waals surface area (Å²) in [5, 5.41) is 0. The third-order valence-corrected chi connectivity index (χ3v) is 3.32. The van der Waals surface area contributed by atoms with E-state index in [-0.39, 0.29) is 36.5 Å². The highest BCUT2D eigenvalue weighted by molar-refractivity contribution is 5.88. The third-order valence-electron chi connectivity index (χ3n) is 3.32. The third kappa shape index (κ3) is 11.6. The molecule has 0 bridgehead atoms. The van der Waals surface area contributed by atoms with Gasteiger partial charge in [0.15, 0.2) is 0 Å². The number of ether oxygens (including phenoxy) is 3. The topological polar surface area (TPSA) is 78.9 Å². The Morgan fingerprint density at radius 1 is 0.778 bits per heavy atom. The van der Waals surface area contributed by atoms with Gasteiger partial charge in [0.25, 0.3) is 0 Å². The maximum Gasteiger partial charge on any atom is 0.333 e. The van der Waals surface area contributed by atoms with E-state index in [0.717, 1.165) is 0 Å². The molecule has 0 fully saturated rings. The molecular formula is C21H32O6. The van der Waals surface area contributed by atoms with E-state index in [4.69, 9.17) is 14.2 Å². The van der Waals surface area contributed by atoms with Gasteiger partial charge < -0.3 is 14.2 Å². The zero-order chi connectivity index (χ0) is 21.6. The van der Waals surface area contributed by atoms with Crippen LogP contribution in [0.25, 0.3) is 0 Å². The molecule has 0 aromatic rings. The van der Waals surface area contributed by atoms with Crippen LogP contribution in [0.15, 0.2) is 49.1 Å². The fraction of sp³-hybridized carbons (Fsp3) is 0.476. The molecule has 27 heavy (non-hydrogen) atoms. The van der Waals surface area contributed by atoms with E-state index in [9.17, 15) is 14.4 Å². The van der Waals surface area contributed by atoms with Crippen molar-refractivity contribution in [2.45, 2.75) is 41.0 Å². The van der Waals surface area contributed by atoms with Gasteiger partial charge in [-0.05, 0) is 34.1 Å². The minimum absolute atomic E-state index is 0.0812. The molecule has 0 unspecified atom stereocenters. The summed E-state index contributed by atoms with van der Waals surface area (Å²) in [7, 11) is 0. The Morgan fingerprint density at radius 2 is 1.00 bits per heavy atom. The van der Waals surface area contributed by atoms with E-state index in [1.54, 1.807) is 6.08 Å². The van der Waals surface area contributed by atoms with Crippen LogP contribution in [-0.2, 0) is 28.6 Å². The second kappa shape index (κ2) is 13.6. The first-order valence-electron chi connectivity index (χ1n) is 8.51. The van der Waals surface area contributed by atoms with Gasteiger partial charge in [0.05, 0.1) is 5.41 Å². The van der Waals surface area contributed by atoms with Crippen molar-refractivity contribution in [3.63, 3.8) is 0 Å². The van der Waals surface area contributed by atoms with E-state index in [0.29, 0.717) is 6.42 Å². The van der Waals surface area contributed by atoms with Crippen LogP contribution in [0.5, 0.6) is 0 Å². The Bertz CT molecular complexity index is 511. The van der Waals surface area contributed by atoms with E-state index < -0.39 is 23.3 Å². The molecule has 0 spiro atoms. The first-order valence-corrected chi connectivity index (χ1v) is 8.51. The summed E-state index contributed by atoms with van der Waals surface area (Å²) in [5.74, 6) is -1.69. The summed E-state index contributed by atoms with van der Waals surface area (Å²) >= 11 is 0. The van der Waals surface area contributed by atoms with Gasteiger partial charge in [0.2, 0.25) is 0 Å². The fourth-order valence-corrected chi connectivity index (χ4v) is 1.46. The average molecular weight is 380 g/mol. The molecular weight excluding hydrogens is 348 g/mol.